The van der Waals surface area contributed by atoms with Gasteiger partial charge in [0.2, 0.25) is 17.6 Å². The van der Waals surface area contributed by atoms with Gasteiger partial charge in [-0.15, -0.1) is 0 Å². The Balaban J connectivity index is 1.91. The Morgan fingerprint density at radius 3 is 2.32 bits per heavy atom. The van der Waals surface area contributed by atoms with Crippen LogP contribution in [-0.2, 0) is 19.2 Å². The maximum atomic E-state index is 13.1. The summed E-state index contributed by atoms with van der Waals surface area (Å²) in [6.07, 6.45) is 10.5. The van der Waals surface area contributed by atoms with Gasteiger partial charge in [0.25, 0.3) is 5.91 Å². The standard InChI is InChI=1S/C25H43N3O4S2/c1-4-26-25(32)23(30)20(16-18-10-6-5-7-11-18)27-24(31)22(17(2)3)28-21(29)13-9-8-12-19-14-15-33-34-19/h17-20,22H,4-16H2,1-3H3,(H,26,32)(H,27,31)(H,28,29). The van der Waals surface area contributed by atoms with Crippen molar-refractivity contribution in [3.05, 3.63) is 0 Å². The van der Waals surface area contributed by atoms with Crippen molar-refractivity contribution >= 4 is 45.1 Å². The normalized spacial score (nSPS) is 20.5. The van der Waals surface area contributed by atoms with Gasteiger partial charge in [-0.1, -0.05) is 74.0 Å². The van der Waals surface area contributed by atoms with Crippen molar-refractivity contribution in [1.29, 1.82) is 0 Å². The van der Waals surface area contributed by atoms with E-state index in [1.165, 1.54) is 18.6 Å². The van der Waals surface area contributed by atoms with Gasteiger partial charge in [0, 0.05) is 24.0 Å². The van der Waals surface area contributed by atoms with Crippen molar-refractivity contribution in [2.75, 3.05) is 12.3 Å². The molecule has 1 saturated heterocycles. The molecule has 1 aliphatic carbocycles. The van der Waals surface area contributed by atoms with Gasteiger partial charge >= 0.3 is 0 Å². The van der Waals surface area contributed by atoms with Crippen LogP contribution in [0.5, 0.6) is 0 Å². The van der Waals surface area contributed by atoms with Crippen LogP contribution in [-0.4, -0.2) is 53.1 Å². The van der Waals surface area contributed by atoms with E-state index in [1.54, 1.807) is 6.92 Å². The third-order valence-electron chi connectivity index (χ3n) is 6.66. The van der Waals surface area contributed by atoms with Gasteiger partial charge in [0.05, 0.1) is 6.04 Å². The van der Waals surface area contributed by atoms with E-state index in [4.69, 9.17) is 0 Å². The quantitative estimate of drug-likeness (QED) is 0.184. The number of Topliss-reactive ketones (excluding diaryl/α,β-unsaturated/α-hetero) is 1. The van der Waals surface area contributed by atoms with Crippen LogP contribution in [0.2, 0.25) is 0 Å². The molecule has 0 spiro atoms. The van der Waals surface area contributed by atoms with E-state index in [0.717, 1.165) is 44.9 Å². The Kier molecular flexibility index (Phi) is 13.4. The number of carbonyl (C=O) groups is 4. The molecule has 1 heterocycles. The van der Waals surface area contributed by atoms with Crippen molar-refractivity contribution in [1.82, 2.24) is 16.0 Å². The molecule has 1 aliphatic heterocycles. The number of nitrogens with one attached hydrogen (secondary N) is 3. The highest BCUT2D eigenvalue weighted by Gasteiger charge is 2.33. The maximum absolute atomic E-state index is 13.1. The summed E-state index contributed by atoms with van der Waals surface area (Å²) < 4.78 is 0. The third-order valence-corrected chi connectivity index (χ3v) is 9.67. The molecule has 0 aromatic heterocycles. The van der Waals surface area contributed by atoms with Crippen LogP contribution in [0.25, 0.3) is 0 Å². The van der Waals surface area contributed by atoms with Crippen LogP contribution in [0.3, 0.4) is 0 Å². The lowest BCUT2D eigenvalue weighted by molar-refractivity contribution is -0.141. The molecule has 3 amide bonds. The van der Waals surface area contributed by atoms with E-state index in [0.29, 0.717) is 30.6 Å². The van der Waals surface area contributed by atoms with Crippen LogP contribution in [0.4, 0.5) is 0 Å². The molecular weight excluding hydrogens is 470 g/mol. The van der Waals surface area contributed by atoms with Gasteiger partial charge in [-0.2, -0.15) is 0 Å². The SMILES string of the molecule is CCNC(=O)C(=O)C(CC1CCCCC1)NC(=O)C(NC(=O)CCCCC1CCSS1)C(C)C. The number of unbranched alkanes of at least 4 members (excludes halogenated alkanes) is 1. The predicted octanol–water partition coefficient (Wildman–Crippen LogP) is 4.00. The van der Waals surface area contributed by atoms with E-state index in [-0.39, 0.29) is 17.7 Å². The number of hydrogen-bond donors (Lipinski definition) is 3. The van der Waals surface area contributed by atoms with Gasteiger partial charge in [0.1, 0.15) is 6.04 Å². The van der Waals surface area contributed by atoms with E-state index in [1.807, 2.05) is 35.4 Å². The first kappa shape index (κ1) is 29.0. The summed E-state index contributed by atoms with van der Waals surface area (Å²) in [5.74, 6) is -0.384. The molecule has 194 valence electrons. The Hall–Kier alpha value is -1.22. The second kappa shape index (κ2) is 15.7. The van der Waals surface area contributed by atoms with Gasteiger partial charge < -0.3 is 16.0 Å². The number of ketones is 1. The average Bonchev–Trinajstić information content (AvgIpc) is 3.33. The maximum Gasteiger partial charge on any atom is 0.289 e. The lowest BCUT2D eigenvalue weighted by Gasteiger charge is -2.28. The van der Waals surface area contributed by atoms with E-state index in [2.05, 4.69) is 16.0 Å². The Labute approximate surface area is 212 Å². The minimum Gasteiger partial charge on any atom is -0.350 e. The summed E-state index contributed by atoms with van der Waals surface area (Å²) in [5, 5.41) is 8.96. The molecule has 34 heavy (non-hydrogen) atoms. The zero-order valence-electron chi connectivity index (χ0n) is 21.0. The molecule has 0 radical (unpaired) electrons. The van der Waals surface area contributed by atoms with Crippen LogP contribution in [0.1, 0.15) is 91.4 Å². The first-order valence-corrected chi connectivity index (χ1v) is 15.4. The first-order valence-electron chi connectivity index (χ1n) is 13.0. The number of amides is 3. The average molecular weight is 514 g/mol. The molecule has 2 rings (SSSR count). The van der Waals surface area contributed by atoms with E-state index >= 15 is 0 Å². The fourth-order valence-electron chi connectivity index (χ4n) is 4.66. The van der Waals surface area contributed by atoms with Crippen molar-refractivity contribution in [3.8, 4) is 0 Å². The monoisotopic (exact) mass is 513 g/mol. The molecule has 0 bridgehead atoms. The largest absolute Gasteiger partial charge is 0.350 e. The van der Waals surface area contributed by atoms with Crippen molar-refractivity contribution in [2.24, 2.45) is 11.8 Å². The molecule has 0 aromatic rings. The molecule has 1 saturated carbocycles. The highest BCUT2D eigenvalue weighted by atomic mass is 33.1. The summed E-state index contributed by atoms with van der Waals surface area (Å²) >= 11 is 0. The summed E-state index contributed by atoms with van der Waals surface area (Å²) in [6, 6.07) is -1.59. The Morgan fingerprint density at radius 1 is 0.971 bits per heavy atom. The zero-order chi connectivity index (χ0) is 24.9. The fraction of sp³-hybridized carbons (Fsp3) is 0.840. The molecule has 3 atom stereocenters. The number of rotatable bonds is 14. The number of carbonyl (C=O) groups excluding carboxylic acids is 4. The molecule has 0 aromatic carbocycles. The Bertz CT molecular complexity index is 677. The van der Waals surface area contributed by atoms with Crippen LogP contribution >= 0.6 is 21.6 Å². The third kappa shape index (κ3) is 10.2. The van der Waals surface area contributed by atoms with Gasteiger partial charge in [-0.25, -0.2) is 0 Å². The molecule has 3 N–H and O–H groups in total. The smallest absolute Gasteiger partial charge is 0.289 e. The first-order chi connectivity index (χ1) is 16.3. The minimum absolute atomic E-state index is 0.134. The lowest BCUT2D eigenvalue weighted by Crippen LogP contribution is -2.55. The van der Waals surface area contributed by atoms with Gasteiger partial charge in [0.15, 0.2) is 0 Å². The predicted molar refractivity (Wildman–Crippen MR) is 141 cm³/mol. The molecule has 9 heteroatoms. The molecule has 3 unspecified atom stereocenters. The van der Waals surface area contributed by atoms with Crippen molar-refractivity contribution in [3.63, 3.8) is 0 Å². The highest BCUT2D eigenvalue weighted by molar-refractivity contribution is 8.77. The fourth-order valence-corrected chi connectivity index (χ4v) is 7.69. The van der Waals surface area contributed by atoms with Gasteiger partial charge in [-0.3, -0.25) is 19.2 Å². The van der Waals surface area contributed by atoms with Crippen LogP contribution in [0, 0.1) is 11.8 Å². The number of hydrogen-bond acceptors (Lipinski definition) is 6. The summed E-state index contributed by atoms with van der Waals surface area (Å²) in [7, 11) is 3.88. The summed E-state index contributed by atoms with van der Waals surface area (Å²) in [5.41, 5.74) is 0. The van der Waals surface area contributed by atoms with Crippen LogP contribution < -0.4 is 16.0 Å². The minimum atomic E-state index is -0.859. The topological polar surface area (TPSA) is 104 Å². The molecular formula is C25H43N3O4S2. The van der Waals surface area contributed by atoms with Crippen molar-refractivity contribution < 1.29 is 19.2 Å². The summed E-state index contributed by atoms with van der Waals surface area (Å²) in [4.78, 5) is 50.8. The number of likely N-dealkylation sites (N-methyl/N-ethyl adjacent to an activating group) is 1. The molecule has 2 aliphatic rings. The Morgan fingerprint density at radius 2 is 1.71 bits per heavy atom. The molecule has 7 nitrogen and oxygen atoms in total. The summed E-state index contributed by atoms with van der Waals surface area (Å²) in [6.45, 7) is 5.87. The zero-order valence-corrected chi connectivity index (χ0v) is 22.7. The van der Waals surface area contributed by atoms with Gasteiger partial charge in [-0.05, 0) is 44.4 Å². The highest BCUT2D eigenvalue weighted by Crippen LogP contribution is 2.39. The molecule has 2 fully saturated rings. The second-order valence-electron chi connectivity index (χ2n) is 9.89. The van der Waals surface area contributed by atoms with E-state index in [9.17, 15) is 19.2 Å². The van der Waals surface area contributed by atoms with Crippen molar-refractivity contribution in [2.45, 2.75) is 109 Å². The lowest BCUT2D eigenvalue weighted by atomic mass is 9.83. The second-order valence-corrected chi connectivity index (χ2v) is 12.7. The van der Waals surface area contributed by atoms with Crippen LogP contribution in [0.15, 0.2) is 0 Å². The van der Waals surface area contributed by atoms with E-state index < -0.39 is 23.8 Å².